The zero-order valence-corrected chi connectivity index (χ0v) is 16.7. The molecular formula is C20H22N6O3. The van der Waals surface area contributed by atoms with Gasteiger partial charge >= 0.3 is 0 Å². The number of hydrogen-bond donors (Lipinski definition) is 0. The van der Waals surface area contributed by atoms with E-state index in [4.69, 9.17) is 0 Å². The summed E-state index contributed by atoms with van der Waals surface area (Å²) in [6.07, 6.45) is 0. The van der Waals surface area contributed by atoms with Gasteiger partial charge in [0.15, 0.2) is 5.69 Å². The fraction of sp³-hybridized carbons (Fsp3) is 0.250. The third-order valence-electron chi connectivity index (χ3n) is 4.60. The predicted molar refractivity (Wildman–Crippen MR) is 109 cm³/mol. The fourth-order valence-corrected chi connectivity index (χ4v) is 2.94. The first-order chi connectivity index (χ1) is 13.8. The van der Waals surface area contributed by atoms with Crippen LogP contribution in [0.25, 0.3) is 5.69 Å². The van der Waals surface area contributed by atoms with Crippen LogP contribution >= 0.6 is 0 Å². The van der Waals surface area contributed by atoms with Gasteiger partial charge in [0.25, 0.3) is 11.6 Å². The highest BCUT2D eigenvalue weighted by molar-refractivity contribution is 5.93. The van der Waals surface area contributed by atoms with E-state index in [-0.39, 0.29) is 17.3 Å². The highest BCUT2D eigenvalue weighted by Gasteiger charge is 2.21. The second-order valence-electron chi connectivity index (χ2n) is 6.93. The largest absolute Gasteiger partial charge is 0.378 e. The molecule has 1 amide bonds. The molecule has 0 aliphatic carbocycles. The lowest BCUT2D eigenvalue weighted by atomic mass is 10.2. The molecular weight excluding hydrogens is 372 g/mol. The molecule has 0 unspecified atom stereocenters. The van der Waals surface area contributed by atoms with E-state index in [9.17, 15) is 14.9 Å². The standard InChI is InChI=1S/C20H22N6O3/c1-14-19(21-22-25(14)17-6-5-7-18(12-17)26(28)29)20(27)24(4)13-15-8-10-16(11-9-15)23(2)3/h5-12H,13H2,1-4H3. The Morgan fingerprint density at radius 3 is 2.45 bits per heavy atom. The van der Waals surface area contributed by atoms with Crippen LogP contribution in [0.4, 0.5) is 11.4 Å². The molecule has 150 valence electrons. The van der Waals surface area contributed by atoms with Crippen molar-refractivity contribution in [3.05, 3.63) is 75.6 Å². The molecule has 2 aromatic carbocycles. The molecule has 3 rings (SSSR count). The molecule has 9 heteroatoms. The van der Waals surface area contributed by atoms with Crippen LogP contribution in [0.1, 0.15) is 21.7 Å². The summed E-state index contributed by atoms with van der Waals surface area (Å²) in [4.78, 5) is 27.0. The zero-order valence-electron chi connectivity index (χ0n) is 16.7. The van der Waals surface area contributed by atoms with Crippen LogP contribution in [0.2, 0.25) is 0 Å². The average Bonchev–Trinajstić information content (AvgIpc) is 3.09. The number of benzene rings is 2. The monoisotopic (exact) mass is 394 g/mol. The van der Waals surface area contributed by atoms with E-state index < -0.39 is 4.92 Å². The van der Waals surface area contributed by atoms with Gasteiger partial charge in [-0.15, -0.1) is 5.10 Å². The van der Waals surface area contributed by atoms with Gasteiger partial charge in [-0.1, -0.05) is 23.4 Å². The number of hydrogen-bond acceptors (Lipinski definition) is 6. The van der Waals surface area contributed by atoms with Crippen molar-refractivity contribution >= 4 is 17.3 Å². The Morgan fingerprint density at radius 2 is 1.83 bits per heavy atom. The van der Waals surface area contributed by atoms with Gasteiger partial charge in [0.05, 0.1) is 16.3 Å². The first-order valence-electron chi connectivity index (χ1n) is 8.97. The van der Waals surface area contributed by atoms with E-state index in [0.29, 0.717) is 17.9 Å². The van der Waals surface area contributed by atoms with Gasteiger partial charge in [0, 0.05) is 45.5 Å². The van der Waals surface area contributed by atoms with Crippen LogP contribution in [-0.2, 0) is 6.54 Å². The molecule has 0 atom stereocenters. The maximum Gasteiger partial charge on any atom is 0.276 e. The van der Waals surface area contributed by atoms with E-state index in [1.54, 1.807) is 31.0 Å². The Balaban J connectivity index is 1.79. The van der Waals surface area contributed by atoms with E-state index in [1.165, 1.54) is 16.8 Å². The maximum atomic E-state index is 12.9. The van der Waals surface area contributed by atoms with Crippen molar-refractivity contribution in [3.63, 3.8) is 0 Å². The summed E-state index contributed by atoms with van der Waals surface area (Å²) in [5.74, 6) is -0.268. The third kappa shape index (κ3) is 4.23. The lowest BCUT2D eigenvalue weighted by Gasteiger charge is -2.18. The van der Waals surface area contributed by atoms with Gasteiger partial charge in [0.1, 0.15) is 0 Å². The molecule has 0 saturated carbocycles. The molecule has 0 saturated heterocycles. The van der Waals surface area contributed by atoms with Crippen molar-refractivity contribution in [2.24, 2.45) is 0 Å². The second kappa shape index (κ2) is 8.09. The van der Waals surface area contributed by atoms with Crippen LogP contribution in [-0.4, -0.2) is 51.9 Å². The number of rotatable bonds is 6. The van der Waals surface area contributed by atoms with Gasteiger partial charge in [0.2, 0.25) is 0 Å². The number of carbonyl (C=O) groups excluding carboxylic acids is 1. The Bertz CT molecular complexity index is 1040. The number of nitro groups is 1. The van der Waals surface area contributed by atoms with Crippen molar-refractivity contribution in [2.45, 2.75) is 13.5 Å². The lowest BCUT2D eigenvalue weighted by molar-refractivity contribution is -0.384. The Kier molecular flexibility index (Phi) is 5.58. The van der Waals surface area contributed by atoms with Crippen molar-refractivity contribution in [3.8, 4) is 5.69 Å². The van der Waals surface area contributed by atoms with Crippen LogP contribution in [0.15, 0.2) is 48.5 Å². The maximum absolute atomic E-state index is 12.9. The first kappa shape index (κ1) is 20.0. The second-order valence-corrected chi connectivity index (χ2v) is 6.93. The van der Waals surface area contributed by atoms with Gasteiger partial charge in [-0.3, -0.25) is 14.9 Å². The van der Waals surface area contributed by atoms with Crippen LogP contribution in [0, 0.1) is 17.0 Å². The topological polar surface area (TPSA) is 97.4 Å². The van der Waals surface area contributed by atoms with Crippen molar-refractivity contribution < 1.29 is 9.72 Å². The number of carbonyl (C=O) groups is 1. The molecule has 0 aliphatic heterocycles. The van der Waals surface area contributed by atoms with E-state index in [1.807, 2.05) is 43.3 Å². The molecule has 0 aliphatic rings. The zero-order chi connectivity index (χ0) is 21.1. The fourth-order valence-electron chi connectivity index (χ4n) is 2.94. The Hall–Kier alpha value is -3.75. The molecule has 29 heavy (non-hydrogen) atoms. The van der Waals surface area contributed by atoms with Gasteiger partial charge in [-0.05, 0) is 30.7 Å². The number of nitrogens with zero attached hydrogens (tertiary/aromatic N) is 6. The summed E-state index contributed by atoms with van der Waals surface area (Å²) in [7, 11) is 5.64. The highest BCUT2D eigenvalue weighted by Crippen LogP contribution is 2.19. The molecule has 0 fully saturated rings. The quantitative estimate of drug-likeness (QED) is 0.471. The summed E-state index contributed by atoms with van der Waals surface area (Å²) in [5, 5.41) is 19.0. The van der Waals surface area contributed by atoms with E-state index >= 15 is 0 Å². The predicted octanol–water partition coefficient (Wildman–Crippen LogP) is 2.82. The average molecular weight is 394 g/mol. The summed E-state index contributed by atoms with van der Waals surface area (Å²) in [5.41, 5.74) is 3.23. The smallest absolute Gasteiger partial charge is 0.276 e. The highest BCUT2D eigenvalue weighted by atomic mass is 16.6. The molecule has 3 aromatic rings. The minimum atomic E-state index is -0.475. The van der Waals surface area contributed by atoms with Crippen LogP contribution in [0.3, 0.4) is 0 Å². The Morgan fingerprint density at radius 1 is 1.14 bits per heavy atom. The SMILES string of the molecule is Cc1c(C(=O)N(C)Cc2ccc(N(C)C)cc2)nnn1-c1cccc([N+](=O)[O-])c1. The van der Waals surface area contributed by atoms with Gasteiger partial charge < -0.3 is 9.80 Å². The van der Waals surface area contributed by atoms with Gasteiger partial charge in [-0.25, -0.2) is 4.68 Å². The molecule has 1 heterocycles. The lowest BCUT2D eigenvalue weighted by Crippen LogP contribution is -2.27. The first-order valence-corrected chi connectivity index (χ1v) is 8.97. The minimum Gasteiger partial charge on any atom is -0.378 e. The van der Waals surface area contributed by atoms with Crippen molar-refractivity contribution in [1.82, 2.24) is 19.9 Å². The molecule has 1 aromatic heterocycles. The third-order valence-corrected chi connectivity index (χ3v) is 4.60. The molecule has 9 nitrogen and oxygen atoms in total. The summed E-state index contributed by atoms with van der Waals surface area (Å²) in [6.45, 7) is 2.14. The summed E-state index contributed by atoms with van der Waals surface area (Å²) in [6, 6.07) is 14.0. The van der Waals surface area contributed by atoms with Crippen molar-refractivity contribution in [2.75, 3.05) is 26.0 Å². The van der Waals surface area contributed by atoms with Gasteiger partial charge in [-0.2, -0.15) is 0 Å². The number of anilines is 1. The molecule has 0 spiro atoms. The molecule has 0 radical (unpaired) electrons. The summed E-state index contributed by atoms with van der Waals surface area (Å²) >= 11 is 0. The molecule has 0 N–H and O–H groups in total. The number of non-ortho nitro benzene ring substituents is 1. The number of nitro benzene ring substituents is 1. The van der Waals surface area contributed by atoms with Crippen LogP contribution in [0.5, 0.6) is 0 Å². The Labute approximate surface area is 168 Å². The van der Waals surface area contributed by atoms with E-state index in [0.717, 1.165) is 11.3 Å². The minimum absolute atomic E-state index is 0.0523. The number of amides is 1. The van der Waals surface area contributed by atoms with Crippen LogP contribution < -0.4 is 4.90 Å². The molecule has 0 bridgehead atoms. The number of aromatic nitrogens is 3. The summed E-state index contributed by atoms with van der Waals surface area (Å²) < 4.78 is 1.43. The van der Waals surface area contributed by atoms with E-state index in [2.05, 4.69) is 10.3 Å². The normalized spacial score (nSPS) is 10.6. The van der Waals surface area contributed by atoms with Crippen molar-refractivity contribution in [1.29, 1.82) is 0 Å².